The van der Waals surface area contributed by atoms with Gasteiger partial charge in [0.15, 0.2) is 5.78 Å². The normalized spacial score (nSPS) is 28.5. The van der Waals surface area contributed by atoms with Crippen LogP contribution in [0.3, 0.4) is 0 Å². The van der Waals surface area contributed by atoms with E-state index < -0.39 is 0 Å². The van der Waals surface area contributed by atoms with Crippen molar-refractivity contribution in [2.24, 2.45) is 5.92 Å². The molecule has 1 heterocycles. The minimum Gasteiger partial charge on any atom is -0.388 e. The number of allylic oxidation sites excluding steroid dienone is 1. The number of ketones is 1. The van der Waals surface area contributed by atoms with Crippen molar-refractivity contribution in [2.75, 3.05) is 0 Å². The highest BCUT2D eigenvalue weighted by Gasteiger charge is 2.19. The van der Waals surface area contributed by atoms with E-state index in [1.807, 2.05) is 27.7 Å². The summed E-state index contributed by atoms with van der Waals surface area (Å²) in [5, 5.41) is 3.06. The van der Waals surface area contributed by atoms with Crippen molar-refractivity contribution in [1.82, 2.24) is 5.32 Å². The van der Waals surface area contributed by atoms with E-state index in [4.69, 9.17) is 0 Å². The molecule has 1 rings (SSSR count). The molecular formula is C9H17NO. The quantitative estimate of drug-likeness (QED) is 0.577. The Balaban J connectivity index is 0.000000461. The third-order valence-electron chi connectivity index (χ3n) is 1.81. The zero-order valence-electron chi connectivity index (χ0n) is 7.72. The molecule has 0 aromatic rings. The average molecular weight is 155 g/mol. The highest BCUT2D eigenvalue weighted by atomic mass is 16.1. The van der Waals surface area contributed by atoms with Crippen LogP contribution < -0.4 is 5.32 Å². The molecule has 0 radical (unpaired) electrons. The van der Waals surface area contributed by atoms with Gasteiger partial charge in [-0.15, -0.1) is 0 Å². The van der Waals surface area contributed by atoms with Gasteiger partial charge in [0.25, 0.3) is 0 Å². The standard InChI is InChI=1S/C7H11NO.C2H6/c1-5-6(2)8-4-3-7(5)9;1-2/h3-6,8H,1-2H3;1-2H3. The van der Waals surface area contributed by atoms with Gasteiger partial charge >= 0.3 is 0 Å². The maximum atomic E-state index is 10.9. The molecule has 1 N–H and O–H groups in total. The number of carbonyl (C=O) groups is 1. The molecule has 2 atom stereocenters. The van der Waals surface area contributed by atoms with Crippen molar-refractivity contribution in [1.29, 1.82) is 0 Å². The van der Waals surface area contributed by atoms with Crippen molar-refractivity contribution in [2.45, 2.75) is 33.7 Å². The molecule has 11 heavy (non-hydrogen) atoms. The topological polar surface area (TPSA) is 29.1 Å². The van der Waals surface area contributed by atoms with Gasteiger partial charge in [-0.05, 0) is 13.0 Å². The fourth-order valence-electron chi connectivity index (χ4n) is 0.825. The van der Waals surface area contributed by atoms with Crippen molar-refractivity contribution in [3.8, 4) is 0 Å². The zero-order chi connectivity index (χ0) is 8.85. The predicted octanol–water partition coefficient (Wildman–Crippen LogP) is 1.72. The van der Waals surface area contributed by atoms with Crippen LogP contribution in [-0.2, 0) is 4.79 Å². The predicted molar refractivity (Wildman–Crippen MR) is 47.3 cm³/mol. The number of hydrogen-bond acceptors (Lipinski definition) is 2. The van der Waals surface area contributed by atoms with E-state index in [1.165, 1.54) is 0 Å². The van der Waals surface area contributed by atoms with Gasteiger partial charge in [0, 0.05) is 18.2 Å². The van der Waals surface area contributed by atoms with Crippen LogP contribution in [0.1, 0.15) is 27.7 Å². The molecule has 2 nitrogen and oxygen atoms in total. The van der Waals surface area contributed by atoms with Gasteiger partial charge in [0.2, 0.25) is 0 Å². The van der Waals surface area contributed by atoms with E-state index in [0.29, 0.717) is 6.04 Å². The van der Waals surface area contributed by atoms with Gasteiger partial charge < -0.3 is 5.32 Å². The molecule has 2 unspecified atom stereocenters. The van der Waals surface area contributed by atoms with Crippen LogP contribution in [-0.4, -0.2) is 11.8 Å². The summed E-state index contributed by atoms with van der Waals surface area (Å²) in [4.78, 5) is 10.9. The molecule has 0 aromatic heterocycles. The lowest BCUT2D eigenvalue weighted by molar-refractivity contribution is -0.118. The van der Waals surface area contributed by atoms with E-state index in [0.717, 1.165) is 0 Å². The fraction of sp³-hybridized carbons (Fsp3) is 0.667. The first-order chi connectivity index (χ1) is 5.22. The molecule has 0 amide bonds. The molecule has 1 aliphatic rings. The Morgan fingerprint density at radius 3 is 2.27 bits per heavy atom. The van der Waals surface area contributed by atoms with Crippen LogP contribution in [0.25, 0.3) is 0 Å². The van der Waals surface area contributed by atoms with Gasteiger partial charge in [-0.3, -0.25) is 4.79 Å². The fourth-order valence-corrected chi connectivity index (χ4v) is 0.825. The van der Waals surface area contributed by atoms with Crippen molar-refractivity contribution < 1.29 is 4.79 Å². The second kappa shape index (κ2) is 4.94. The second-order valence-corrected chi connectivity index (χ2v) is 2.48. The molecule has 0 bridgehead atoms. The average Bonchev–Trinajstić information content (AvgIpc) is 2.04. The number of nitrogens with one attached hydrogen (secondary N) is 1. The summed E-state index contributed by atoms with van der Waals surface area (Å²) in [5.41, 5.74) is 0. The first-order valence-electron chi connectivity index (χ1n) is 4.18. The van der Waals surface area contributed by atoms with E-state index in [2.05, 4.69) is 5.32 Å². The minimum atomic E-state index is 0.134. The smallest absolute Gasteiger partial charge is 0.161 e. The van der Waals surface area contributed by atoms with Crippen LogP contribution >= 0.6 is 0 Å². The monoisotopic (exact) mass is 155 g/mol. The van der Waals surface area contributed by atoms with Gasteiger partial charge in [-0.1, -0.05) is 20.8 Å². The van der Waals surface area contributed by atoms with Crippen LogP contribution in [0.2, 0.25) is 0 Å². The Kier molecular flexibility index (Phi) is 4.59. The molecule has 0 aromatic carbocycles. The molecule has 0 saturated heterocycles. The number of hydrogen-bond donors (Lipinski definition) is 1. The molecule has 64 valence electrons. The largest absolute Gasteiger partial charge is 0.388 e. The molecule has 0 aliphatic carbocycles. The van der Waals surface area contributed by atoms with Crippen LogP contribution in [0.15, 0.2) is 12.3 Å². The Morgan fingerprint density at radius 2 is 1.91 bits per heavy atom. The van der Waals surface area contributed by atoms with Crippen LogP contribution in [0, 0.1) is 5.92 Å². The summed E-state index contributed by atoms with van der Waals surface area (Å²) >= 11 is 0. The third-order valence-corrected chi connectivity index (χ3v) is 1.81. The van der Waals surface area contributed by atoms with E-state index >= 15 is 0 Å². The van der Waals surface area contributed by atoms with E-state index in [-0.39, 0.29) is 11.7 Å². The van der Waals surface area contributed by atoms with Crippen LogP contribution in [0.4, 0.5) is 0 Å². The molecule has 0 spiro atoms. The molecular weight excluding hydrogens is 138 g/mol. The second-order valence-electron chi connectivity index (χ2n) is 2.48. The van der Waals surface area contributed by atoms with E-state index in [9.17, 15) is 4.79 Å². The van der Waals surface area contributed by atoms with Gasteiger partial charge in [0.05, 0.1) is 0 Å². The summed E-state index contributed by atoms with van der Waals surface area (Å²) in [5.74, 6) is 0.358. The molecule has 2 heteroatoms. The molecule has 0 fully saturated rings. The minimum absolute atomic E-state index is 0.134. The van der Waals surface area contributed by atoms with Gasteiger partial charge in [-0.25, -0.2) is 0 Å². The first-order valence-corrected chi connectivity index (χ1v) is 4.18. The lowest BCUT2D eigenvalue weighted by Crippen LogP contribution is -2.36. The van der Waals surface area contributed by atoms with E-state index in [1.54, 1.807) is 12.3 Å². The highest BCUT2D eigenvalue weighted by molar-refractivity contribution is 5.92. The molecule has 1 aliphatic heterocycles. The highest BCUT2D eigenvalue weighted by Crippen LogP contribution is 2.08. The number of carbonyl (C=O) groups excluding carboxylic acids is 1. The third kappa shape index (κ3) is 2.74. The lowest BCUT2D eigenvalue weighted by Gasteiger charge is -2.21. The van der Waals surface area contributed by atoms with Gasteiger partial charge in [0.1, 0.15) is 0 Å². The molecule has 0 saturated carbocycles. The van der Waals surface area contributed by atoms with Crippen molar-refractivity contribution >= 4 is 5.78 Å². The Morgan fingerprint density at radius 1 is 1.36 bits per heavy atom. The summed E-state index contributed by atoms with van der Waals surface area (Å²) in [7, 11) is 0. The summed E-state index contributed by atoms with van der Waals surface area (Å²) in [6.45, 7) is 7.94. The lowest BCUT2D eigenvalue weighted by atomic mass is 9.96. The first kappa shape index (κ1) is 10.2. The SMILES string of the molecule is CC.CC1NC=CC(=O)C1C. The zero-order valence-corrected chi connectivity index (χ0v) is 7.72. The maximum absolute atomic E-state index is 10.9. The van der Waals surface area contributed by atoms with Crippen molar-refractivity contribution in [3.05, 3.63) is 12.3 Å². The van der Waals surface area contributed by atoms with Crippen molar-refractivity contribution in [3.63, 3.8) is 0 Å². The Bertz CT molecular complexity index is 152. The summed E-state index contributed by atoms with van der Waals surface area (Å²) in [6.07, 6.45) is 3.30. The Hall–Kier alpha value is -0.790. The number of rotatable bonds is 0. The van der Waals surface area contributed by atoms with Gasteiger partial charge in [-0.2, -0.15) is 0 Å². The summed E-state index contributed by atoms with van der Waals surface area (Å²) in [6, 6.07) is 0.294. The van der Waals surface area contributed by atoms with Crippen LogP contribution in [0.5, 0.6) is 0 Å². The maximum Gasteiger partial charge on any atom is 0.161 e. The Labute approximate surface area is 68.7 Å². The summed E-state index contributed by atoms with van der Waals surface area (Å²) < 4.78 is 0.